The summed E-state index contributed by atoms with van der Waals surface area (Å²) < 4.78 is 0. The highest BCUT2D eigenvalue weighted by Gasteiger charge is 2.31. The van der Waals surface area contributed by atoms with Crippen molar-refractivity contribution in [2.75, 3.05) is 40.3 Å². The molecule has 1 heterocycles. The molecule has 0 spiro atoms. The molecular formula is C16H32N4. The normalized spacial score (nSPS) is 26.6. The average Bonchev–Trinajstić information content (AvgIpc) is 2.79. The predicted molar refractivity (Wildman–Crippen MR) is 84.6 cm³/mol. The molecule has 0 aromatic carbocycles. The van der Waals surface area contributed by atoms with E-state index in [4.69, 9.17) is 0 Å². The summed E-state index contributed by atoms with van der Waals surface area (Å²) >= 11 is 0. The molecule has 1 aliphatic heterocycles. The van der Waals surface area contributed by atoms with E-state index in [2.05, 4.69) is 56.1 Å². The monoisotopic (exact) mass is 280 g/mol. The van der Waals surface area contributed by atoms with Gasteiger partial charge in [-0.3, -0.25) is 5.32 Å². The quantitative estimate of drug-likeness (QED) is 0.738. The highest BCUT2D eigenvalue weighted by atomic mass is 15.2. The molecule has 0 aromatic heterocycles. The van der Waals surface area contributed by atoms with Crippen molar-refractivity contribution in [3.63, 3.8) is 0 Å². The zero-order valence-corrected chi connectivity index (χ0v) is 13.9. The summed E-state index contributed by atoms with van der Waals surface area (Å²) in [7, 11) is 4.35. The van der Waals surface area contributed by atoms with Gasteiger partial charge in [0.1, 0.15) is 5.54 Å². The van der Waals surface area contributed by atoms with Crippen LogP contribution >= 0.6 is 0 Å². The summed E-state index contributed by atoms with van der Waals surface area (Å²) in [6.07, 6.45) is 2.93. The van der Waals surface area contributed by atoms with Crippen LogP contribution in [0.4, 0.5) is 0 Å². The zero-order chi connectivity index (χ0) is 15.2. The molecule has 0 radical (unpaired) electrons. The van der Waals surface area contributed by atoms with Crippen LogP contribution in [0.3, 0.4) is 0 Å². The first-order valence-corrected chi connectivity index (χ1v) is 8.03. The fourth-order valence-electron chi connectivity index (χ4n) is 3.41. The van der Waals surface area contributed by atoms with E-state index in [9.17, 15) is 5.26 Å². The van der Waals surface area contributed by atoms with Crippen molar-refractivity contribution in [2.24, 2.45) is 5.92 Å². The lowest BCUT2D eigenvalue weighted by atomic mass is 9.92. The van der Waals surface area contributed by atoms with Gasteiger partial charge in [0.25, 0.3) is 0 Å². The Morgan fingerprint density at radius 1 is 1.35 bits per heavy atom. The lowest BCUT2D eigenvalue weighted by Gasteiger charge is -2.27. The molecule has 0 amide bonds. The molecule has 0 aliphatic carbocycles. The number of likely N-dealkylation sites (tertiary alicyclic amines) is 1. The van der Waals surface area contributed by atoms with Crippen molar-refractivity contribution >= 4 is 0 Å². The third kappa shape index (κ3) is 4.44. The SMILES string of the molecule is CCNC(C#N)(CC)CCCN1CC(C)C(N(C)C)C1. The van der Waals surface area contributed by atoms with Crippen LogP contribution < -0.4 is 5.32 Å². The Kier molecular flexibility index (Phi) is 6.94. The third-order valence-corrected chi connectivity index (χ3v) is 4.72. The van der Waals surface area contributed by atoms with E-state index in [1.807, 2.05) is 0 Å². The Morgan fingerprint density at radius 2 is 2.05 bits per heavy atom. The summed E-state index contributed by atoms with van der Waals surface area (Å²) in [4.78, 5) is 4.90. The number of rotatable bonds is 8. The van der Waals surface area contributed by atoms with Gasteiger partial charge in [0.05, 0.1) is 6.07 Å². The predicted octanol–water partition coefficient (Wildman–Crippen LogP) is 1.93. The maximum absolute atomic E-state index is 9.42. The highest BCUT2D eigenvalue weighted by molar-refractivity contribution is 5.06. The van der Waals surface area contributed by atoms with Gasteiger partial charge in [-0.25, -0.2) is 0 Å². The first-order chi connectivity index (χ1) is 9.48. The Morgan fingerprint density at radius 3 is 2.50 bits per heavy atom. The van der Waals surface area contributed by atoms with Crippen molar-refractivity contribution in [1.29, 1.82) is 5.26 Å². The molecule has 4 heteroatoms. The second-order valence-corrected chi connectivity index (χ2v) is 6.45. The minimum absolute atomic E-state index is 0.318. The average molecular weight is 280 g/mol. The molecule has 1 saturated heterocycles. The molecule has 4 nitrogen and oxygen atoms in total. The Bertz CT molecular complexity index is 323. The summed E-state index contributed by atoms with van der Waals surface area (Å²) in [6.45, 7) is 10.9. The summed E-state index contributed by atoms with van der Waals surface area (Å²) in [5.41, 5.74) is -0.318. The van der Waals surface area contributed by atoms with Crippen molar-refractivity contribution < 1.29 is 0 Å². The Hall–Kier alpha value is -0.630. The van der Waals surface area contributed by atoms with Crippen LogP contribution in [0.15, 0.2) is 0 Å². The molecule has 1 N–H and O–H groups in total. The molecule has 116 valence electrons. The second kappa shape index (κ2) is 7.97. The van der Waals surface area contributed by atoms with E-state index in [0.717, 1.165) is 38.3 Å². The molecule has 1 fully saturated rings. The van der Waals surface area contributed by atoms with Gasteiger partial charge in [-0.2, -0.15) is 5.26 Å². The molecular weight excluding hydrogens is 248 g/mol. The van der Waals surface area contributed by atoms with E-state index in [1.54, 1.807) is 0 Å². The molecule has 3 unspecified atom stereocenters. The number of nitrogens with zero attached hydrogens (tertiary/aromatic N) is 3. The van der Waals surface area contributed by atoms with Crippen molar-refractivity contribution in [3.05, 3.63) is 0 Å². The van der Waals surface area contributed by atoms with Crippen molar-refractivity contribution in [3.8, 4) is 6.07 Å². The molecule has 0 saturated carbocycles. The van der Waals surface area contributed by atoms with E-state index in [0.29, 0.717) is 6.04 Å². The van der Waals surface area contributed by atoms with Gasteiger partial charge in [0.2, 0.25) is 0 Å². The number of hydrogen-bond donors (Lipinski definition) is 1. The fourth-order valence-corrected chi connectivity index (χ4v) is 3.41. The molecule has 0 bridgehead atoms. The lowest BCUT2D eigenvalue weighted by molar-refractivity contribution is 0.247. The van der Waals surface area contributed by atoms with Crippen LogP contribution in [-0.4, -0.2) is 61.7 Å². The molecule has 20 heavy (non-hydrogen) atoms. The summed E-state index contributed by atoms with van der Waals surface area (Å²) in [5.74, 6) is 0.741. The summed E-state index contributed by atoms with van der Waals surface area (Å²) in [6, 6.07) is 3.17. The second-order valence-electron chi connectivity index (χ2n) is 6.45. The number of likely N-dealkylation sites (N-methyl/N-ethyl adjacent to an activating group) is 1. The maximum atomic E-state index is 9.42. The van der Waals surface area contributed by atoms with E-state index < -0.39 is 0 Å². The maximum Gasteiger partial charge on any atom is 0.106 e. The van der Waals surface area contributed by atoms with Crippen LogP contribution in [0.5, 0.6) is 0 Å². The number of nitriles is 1. The number of nitrogens with one attached hydrogen (secondary N) is 1. The molecule has 0 aromatic rings. The minimum atomic E-state index is -0.318. The highest BCUT2D eigenvalue weighted by Crippen LogP contribution is 2.22. The van der Waals surface area contributed by atoms with Gasteiger partial charge in [-0.05, 0) is 52.4 Å². The molecule has 1 rings (SSSR count). The van der Waals surface area contributed by atoms with Crippen molar-refractivity contribution in [1.82, 2.24) is 15.1 Å². The number of hydrogen-bond acceptors (Lipinski definition) is 4. The van der Waals surface area contributed by atoms with E-state index in [1.165, 1.54) is 13.1 Å². The van der Waals surface area contributed by atoms with Crippen LogP contribution in [-0.2, 0) is 0 Å². The van der Waals surface area contributed by atoms with E-state index in [-0.39, 0.29) is 5.54 Å². The first kappa shape index (κ1) is 17.4. The molecule has 1 aliphatic rings. The minimum Gasteiger partial charge on any atom is -0.305 e. The van der Waals surface area contributed by atoms with Crippen LogP contribution in [0, 0.1) is 17.2 Å². The van der Waals surface area contributed by atoms with Crippen molar-refractivity contribution in [2.45, 2.75) is 51.6 Å². The topological polar surface area (TPSA) is 42.3 Å². The van der Waals surface area contributed by atoms with Gasteiger partial charge in [0, 0.05) is 19.1 Å². The van der Waals surface area contributed by atoms with Gasteiger partial charge in [0.15, 0.2) is 0 Å². The smallest absolute Gasteiger partial charge is 0.106 e. The Balaban J connectivity index is 2.39. The Labute approximate surface area is 125 Å². The standard InChI is InChI=1S/C16H32N4/c1-6-16(13-17,18-7-2)9-8-10-20-11-14(3)15(12-20)19(4)5/h14-15,18H,6-12H2,1-5H3. The summed E-state index contributed by atoms with van der Waals surface area (Å²) in [5, 5.41) is 12.8. The van der Waals surface area contributed by atoms with Gasteiger partial charge in [-0.1, -0.05) is 20.8 Å². The molecule has 3 atom stereocenters. The first-order valence-electron chi connectivity index (χ1n) is 8.03. The van der Waals surface area contributed by atoms with Crippen LogP contribution in [0.1, 0.15) is 40.0 Å². The lowest BCUT2D eigenvalue weighted by Crippen LogP contribution is -2.43. The van der Waals surface area contributed by atoms with Crippen LogP contribution in [0.2, 0.25) is 0 Å². The van der Waals surface area contributed by atoms with Gasteiger partial charge in [-0.15, -0.1) is 0 Å². The van der Waals surface area contributed by atoms with E-state index >= 15 is 0 Å². The third-order valence-electron chi connectivity index (χ3n) is 4.72. The fraction of sp³-hybridized carbons (Fsp3) is 0.938. The zero-order valence-electron chi connectivity index (χ0n) is 13.9. The largest absolute Gasteiger partial charge is 0.305 e. The van der Waals surface area contributed by atoms with Gasteiger partial charge >= 0.3 is 0 Å². The van der Waals surface area contributed by atoms with Gasteiger partial charge < -0.3 is 9.80 Å². The van der Waals surface area contributed by atoms with Crippen LogP contribution in [0.25, 0.3) is 0 Å².